The lowest BCUT2D eigenvalue weighted by Crippen LogP contribution is -2.07. The number of anilines is 1. The SMILES string of the molecule is Cc1cccc(C)c1NC(=O)Sc1ccc(O)cc1. The van der Waals surface area contributed by atoms with Gasteiger partial charge in [-0.05, 0) is 61.0 Å². The molecule has 0 saturated carbocycles. The van der Waals surface area contributed by atoms with Gasteiger partial charge in [-0.1, -0.05) is 18.2 Å². The maximum Gasteiger partial charge on any atom is 0.288 e. The van der Waals surface area contributed by atoms with E-state index in [1.165, 1.54) is 0 Å². The number of rotatable bonds is 2. The molecule has 0 fully saturated rings. The maximum absolute atomic E-state index is 12.0. The highest BCUT2D eigenvalue weighted by Crippen LogP contribution is 2.25. The molecule has 0 spiro atoms. The number of phenolic OH excluding ortho intramolecular Hbond substituents is 1. The van der Waals surface area contributed by atoms with Crippen LogP contribution in [0.5, 0.6) is 5.75 Å². The number of hydrogen-bond acceptors (Lipinski definition) is 3. The highest BCUT2D eigenvalue weighted by molar-refractivity contribution is 8.13. The molecule has 0 aliphatic heterocycles. The molecule has 0 aromatic heterocycles. The van der Waals surface area contributed by atoms with Crippen LogP contribution in [0.2, 0.25) is 0 Å². The highest BCUT2D eigenvalue weighted by Gasteiger charge is 2.08. The lowest BCUT2D eigenvalue weighted by Gasteiger charge is -2.10. The molecule has 2 aromatic carbocycles. The molecule has 2 N–H and O–H groups in total. The molecule has 2 rings (SSSR count). The van der Waals surface area contributed by atoms with Crippen molar-refractivity contribution in [1.29, 1.82) is 0 Å². The van der Waals surface area contributed by atoms with Crippen molar-refractivity contribution < 1.29 is 9.90 Å². The maximum atomic E-state index is 12.0. The Kier molecular flexibility index (Phi) is 4.12. The van der Waals surface area contributed by atoms with Gasteiger partial charge in [0.25, 0.3) is 5.24 Å². The summed E-state index contributed by atoms with van der Waals surface area (Å²) < 4.78 is 0. The summed E-state index contributed by atoms with van der Waals surface area (Å²) in [5.74, 6) is 0.194. The van der Waals surface area contributed by atoms with Crippen LogP contribution in [-0.2, 0) is 0 Å². The number of carbonyl (C=O) groups is 1. The Bertz CT molecular complexity index is 573. The van der Waals surface area contributed by atoms with Crippen molar-refractivity contribution in [3.63, 3.8) is 0 Å². The van der Waals surface area contributed by atoms with Crippen molar-refractivity contribution in [3.05, 3.63) is 53.6 Å². The molecule has 0 saturated heterocycles. The Hall–Kier alpha value is -1.94. The molecule has 0 aliphatic rings. The minimum absolute atomic E-state index is 0.136. The minimum Gasteiger partial charge on any atom is -0.508 e. The van der Waals surface area contributed by atoms with Gasteiger partial charge >= 0.3 is 0 Å². The van der Waals surface area contributed by atoms with Gasteiger partial charge in [0.2, 0.25) is 0 Å². The molecule has 0 radical (unpaired) electrons. The second kappa shape index (κ2) is 5.80. The van der Waals surface area contributed by atoms with Crippen LogP contribution in [0.25, 0.3) is 0 Å². The standard InChI is InChI=1S/C15H15NO2S/c1-10-4-3-5-11(2)14(10)16-15(18)19-13-8-6-12(17)7-9-13/h3-9,17H,1-2H3,(H,16,18). The van der Waals surface area contributed by atoms with Crippen LogP contribution in [0.15, 0.2) is 47.4 Å². The molecule has 0 heterocycles. The number of aromatic hydroxyl groups is 1. The van der Waals surface area contributed by atoms with Crippen LogP contribution in [0.4, 0.5) is 10.5 Å². The number of nitrogens with one attached hydrogen (secondary N) is 1. The normalized spacial score (nSPS) is 10.2. The van der Waals surface area contributed by atoms with Crippen LogP contribution in [0.1, 0.15) is 11.1 Å². The molecule has 1 amide bonds. The molecule has 0 aliphatic carbocycles. The van der Waals surface area contributed by atoms with Gasteiger partial charge in [-0.25, -0.2) is 0 Å². The lowest BCUT2D eigenvalue weighted by molar-refractivity contribution is 0.269. The summed E-state index contributed by atoms with van der Waals surface area (Å²) >= 11 is 1.10. The van der Waals surface area contributed by atoms with E-state index in [1.54, 1.807) is 24.3 Å². The van der Waals surface area contributed by atoms with E-state index >= 15 is 0 Å². The van der Waals surface area contributed by atoms with Crippen LogP contribution in [0.3, 0.4) is 0 Å². The first-order chi connectivity index (χ1) is 9.06. The van der Waals surface area contributed by atoms with Crippen molar-refractivity contribution in [2.45, 2.75) is 18.7 Å². The minimum atomic E-state index is -0.136. The Morgan fingerprint density at radius 1 is 1.05 bits per heavy atom. The van der Waals surface area contributed by atoms with E-state index in [2.05, 4.69) is 5.32 Å². The lowest BCUT2D eigenvalue weighted by atomic mass is 10.1. The summed E-state index contributed by atoms with van der Waals surface area (Å²) in [5.41, 5.74) is 2.94. The summed E-state index contributed by atoms with van der Waals surface area (Å²) in [6, 6.07) is 12.5. The van der Waals surface area contributed by atoms with Crippen LogP contribution in [-0.4, -0.2) is 10.3 Å². The fourth-order valence-electron chi connectivity index (χ4n) is 1.76. The predicted octanol–water partition coefficient (Wildman–Crippen LogP) is 4.33. The molecule has 3 nitrogen and oxygen atoms in total. The molecule has 0 bridgehead atoms. The Balaban J connectivity index is 2.07. The summed E-state index contributed by atoms with van der Waals surface area (Å²) in [7, 11) is 0. The van der Waals surface area contributed by atoms with Crippen LogP contribution in [0, 0.1) is 13.8 Å². The molecule has 0 unspecified atom stereocenters. The first kappa shape index (κ1) is 13.5. The quantitative estimate of drug-likeness (QED) is 0.800. The van der Waals surface area contributed by atoms with Gasteiger partial charge in [-0.2, -0.15) is 0 Å². The first-order valence-corrected chi connectivity index (χ1v) is 6.72. The smallest absolute Gasteiger partial charge is 0.288 e. The number of benzene rings is 2. The van der Waals surface area contributed by atoms with Gasteiger partial charge in [0.1, 0.15) is 5.75 Å². The van der Waals surface area contributed by atoms with Gasteiger partial charge in [-0.15, -0.1) is 0 Å². The molecular weight excluding hydrogens is 258 g/mol. The van der Waals surface area contributed by atoms with Crippen molar-refractivity contribution in [2.75, 3.05) is 5.32 Å². The summed E-state index contributed by atoms with van der Waals surface area (Å²) in [6.45, 7) is 3.93. The average molecular weight is 273 g/mol. The number of thioether (sulfide) groups is 1. The Labute approximate surface area is 116 Å². The van der Waals surface area contributed by atoms with E-state index < -0.39 is 0 Å². The van der Waals surface area contributed by atoms with E-state index in [0.717, 1.165) is 33.5 Å². The van der Waals surface area contributed by atoms with Crippen LogP contribution < -0.4 is 5.32 Å². The fraction of sp³-hybridized carbons (Fsp3) is 0.133. The third kappa shape index (κ3) is 3.51. The molecule has 0 atom stereocenters. The monoisotopic (exact) mass is 273 g/mol. The van der Waals surface area contributed by atoms with E-state index in [1.807, 2.05) is 32.0 Å². The fourth-order valence-corrected chi connectivity index (χ4v) is 2.40. The number of phenols is 1. The summed E-state index contributed by atoms with van der Waals surface area (Å²) in [6.07, 6.45) is 0. The number of hydrogen-bond donors (Lipinski definition) is 2. The van der Waals surface area contributed by atoms with Crippen molar-refractivity contribution >= 4 is 22.7 Å². The summed E-state index contributed by atoms with van der Waals surface area (Å²) in [4.78, 5) is 12.8. The second-order valence-electron chi connectivity index (χ2n) is 4.28. The number of amides is 1. The number of carbonyl (C=O) groups excluding carboxylic acids is 1. The molecule has 19 heavy (non-hydrogen) atoms. The van der Waals surface area contributed by atoms with E-state index in [4.69, 9.17) is 0 Å². The van der Waals surface area contributed by atoms with Gasteiger partial charge in [-0.3, -0.25) is 4.79 Å². The zero-order chi connectivity index (χ0) is 13.8. The van der Waals surface area contributed by atoms with E-state index in [0.29, 0.717) is 0 Å². The average Bonchev–Trinajstić information content (AvgIpc) is 2.37. The van der Waals surface area contributed by atoms with Crippen molar-refractivity contribution in [1.82, 2.24) is 0 Å². The van der Waals surface area contributed by atoms with Gasteiger partial charge in [0, 0.05) is 10.6 Å². The molecular formula is C15H15NO2S. The summed E-state index contributed by atoms with van der Waals surface area (Å²) in [5, 5.41) is 12.0. The van der Waals surface area contributed by atoms with Crippen LogP contribution >= 0.6 is 11.8 Å². The molecule has 98 valence electrons. The zero-order valence-corrected chi connectivity index (χ0v) is 11.6. The van der Waals surface area contributed by atoms with E-state index in [9.17, 15) is 9.90 Å². The van der Waals surface area contributed by atoms with E-state index in [-0.39, 0.29) is 11.0 Å². The highest BCUT2D eigenvalue weighted by atomic mass is 32.2. The first-order valence-electron chi connectivity index (χ1n) is 5.90. The third-order valence-corrected chi connectivity index (χ3v) is 3.55. The van der Waals surface area contributed by atoms with Crippen molar-refractivity contribution in [2.24, 2.45) is 0 Å². The zero-order valence-electron chi connectivity index (χ0n) is 10.8. The molecule has 4 heteroatoms. The topological polar surface area (TPSA) is 49.3 Å². The largest absolute Gasteiger partial charge is 0.508 e. The Morgan fingerprint density at radius 3 is 2.21 bits per heavy atom. The van der Waals surface area contributed by atoms with Gasteiger partial charge < -0.3 is 10.4 Å². The number of para-hydroxylation sites is 1. The van der Waals surface area contributed by atoms with Gasteiger partial charge in [0.15, 0.2) is 0 Å². The predicted molar refractivity (Wildman–Crippen MR) is 78.9 cm³/mol. The molecule has 2 aromatic rings. The van der Waals surface area contributed by atoms with Crippen molar-refractivity contribution in [3.8, 4) is 5.75 Å². The van der Waals surface area contributed by atoms with Gasteiger partial charge in [0.05, 0.1) is 0 Å². The number of aryl methyl sites for hydroxylation is 2. The Morgan fingerprint density at radius 2 is 1.63 bits per heavy atom. The third-order valence-electron chi connectivity index (χ3n) is 2.76. The second-order valence-corrected chi connectivity index (χ2v) is 5.32.